The Morgan fingerprint density at radius 1 is 0.974 bits per heavy atom. The van der Waals surface area contributed by atoms with Crippen LogP contribution >= 0.6 is 0 Å². The van der Waals surface area contributed by atoms with Gasteiger partial charge < -0.3 is 59.1 Å². The summed E-state index contributed by atoms with van der Waals surface area (Å²) in [5.74, 6) is -0.389. The van der Waals surface area contributed by atoms with Gasteiger partial charge in [-0.15, -0.1) is 0 Å². The number of phenolic OH excluding ortho intramolecular Hbond substituents is 1. The average Bonchev–Trinajstić information content (AvgIpc) is 3.21. The standard InChI is InChI=1S/C26H28O13/c1-11-17(29)19(31)20(32)24(36-11)37-14-6-7-15-16(8-14)38-21(12-2-4-13(28)5-3-12)22(18(15)30)39-25-23(33)26(34,9-27)10-35-25/h2-8,11,17,19-20,23-25,27-29,31-34H,9-10H2,1H3. The van der Waals surface area contributed by atoms with Gasteiger partial charge in [0.2, 0.25) is 23.8 Å². The van der Waals surface area contributed by atoms with Crippen LogP contribution in [0.2, 0.25) is 0 Å². The molecule has 2 aliphatic rings. The second-order valence-electron chi connectivity index (χ2n) is 9.60. The molecule has 8 unspecified atom stereocenters. The fraction of sp³-hybridized carbons (Fsp3) is 0.423. The van der Waals surface area contributed by atoms with E-state index in [0.717, 1.165) is 0 Å². The summed E-state index contributed by atoms with van der Waals surface area (Å²) < 4.78 is 28.1. The van der Waals surface area contributed by atoms with Gasteiger partial charge in [-0.1, -0.05) is 0 Å². The number of hydrogen-bond donors (Lipinski definition) is 7. The molecule has 1 aromatic heterocycles. The Hall–Kier alpha value is -3.27. The van der Waals surface area contributed by atoms with Crippen LogP contribution in [-0.2, 0) is 9.47 Å². The van der Waals surface area contributed by atoms with Crippen molar-refractivity contribution in [2.24, 2.45) is 0 Å². The van der Waals surface area contributed by atoms with Gasteiger partial charge in [0, 0.05) is 11.6 Å². The lowest BCUT2D eigenvalue weighted by molar-refractivity contribution is -0.268. The Bertz CT molecular complexity index is 1390. The molecular formula is C26H28O13. The largest absolute Gasteiger partial charge is 0.508 e. The summed E-state index contributed by atoms with van der Waals surface area (Å²) in [6, 6.07) is 9.75. The zero-order valence-electron chi connectivity index (χ0n) is 20.6. The van der Waals surface area contributed by atoms with E-state index in [1.165, 1.54) is 49.4 Å². The topological polar surface area (TPSA) is 209 Å². The summed E-state index contributed by atoms with van der Waals surface area (Å²) in [5.41, 5.74) is -2.30. The fourth-order valence-corrected chi connectivity index (χ4v) is 4.39. The Balaban J connectivity index is 1.54. The molecule has 0 spiro atoms. The van der Waals surface area contributed by atoms with E-state index in [1.807, 2.05) is 0 Å². The minimum atomic E-state index is -1.99. The van der Waals surface area contributed by atoms with E-state index in [2.05, 4.69) is 0 Å². The third-order valence-corrected chi connectivity index (χ3v) is 6.83. The molecular weight excluding hydrogens is 520 g/mol. The van der Waals surface area contributed by atoms with Crippen LogP contribution in [0.3, 0.4) is 0 Å². The van der Waals surface area contributed by atoms with Crippen LogP contribution in [0.1, 0.15) is 6.92 Å². The molecule has 13 nitrogen and oxygen atoms in total. The van der Waals surface area contributed by atoms with Crippen LogP contribution in [0.4, 0.5) is 0 Å². The van der Waals surface area contributed by atoms with Crippen LogP contribution in [0.5, 0.6) is 17.2 Å². The predicted molar refractivity (Wildman–Crippen MR) is 131 cm³/mol. The summed E-state index contributed by atoms with van der Waals surface area (Å²) in [4.78, 5) is 13.5. The third-order valence-electron chi connectivity index (χ3n) is 6.83. The normalized spacial score (nSPS) is 32.8. The van der Waals surface area contributed by atoms with Crippen molar-refractivity contribution < 1.29 is 59.1 Å². The fourth-order valence-electron chi connectivity index (χ4n) is 4.39. The first kappa shape index (κ1) is 27.3. The number of fused-ring (bicyclic) bond motifs is 1. The smallest absolute Gasteiger partial charge is 0.235 e. The number of rotatable bonds is 6. The highest BCUT2D eigenvalue weighted by Crippen LogP contribution is 2.36. The Kier molecular flexibility index (Phi) is 7.26. The van der Waals surface area contributed by atoms with Crippen molar-refractivity contribution in [1.29, 1.82) is 0 Å². The van der Waals surface area contributed by atoms with Crippen LogP contribution in [0.15, 0.2) is 51.7 Å². The second-order valence-corrected chi connectivity index (χ2v) is 9.60. The molecule has 13 heteroatoms. The molecule has 5 rings (SSSR count). The molecule has 39 heavy (non-hydrogen) atoms. The lowest BCUT2D eigenvalue weighted by Crippen LogP contribution is -2.58. The van der Waals surface area contributed by atoms with Crippen molar-refractivity contribution in [3.05, 3.63) is 52.7 Å². The van der Waals surface area contributed by atoms with Crippen LogP contribution in [0, 0.1) is 0 Å². The number of aromatic hydroxyl groups is 1. The summed E-state index contributed by atoms with van der Waals surface area (Å²) in [7, 11) is 0. The van der Waals surface area contributed by atoms with Gasteiger partial charge in [-0.2, -0.15) is 0 Å². The Morgan fingerprint density at radius 3 is 2.36 bits per heavy atom. The molecule has 2 aromatic carbocycles. The van der Waals surface area contributed by atoms with Crippen LogP contribution < -0.4 is 14.9 Å². The summed E-state index contributed by atoms with van der Waals surface area (Å²) in [5, 5.41) is 70.1. The molecule has 2 saturated heterocycles. The SMILES string of the molecule is CC1OC(Oc2ccc3c(=O)c(OC4OCC(O)(CO)C4O)c(-c4ccc(O)cc4)oc3c2)C(O)C(O)C1O. The van der Waals surface area contributed by atoms with Crippen molar-refractivity contribution in [2.45, 2.75) is 55.6 Å². The Morgan fingerprint density at radius 2 is 1.69 bits per heavy atom. The molecule has 3 aromatic rings. The van der Waals surface area contributed by atoms with E-state index in [4.69, 9.17) is 23.4 Å². The molecule has 0 saturated carbocycles. The van der Waals surface area contributed by atoms with Crippen molar-refractivity contribution in [3.8, 4) is 28.6 Å². The van der Waals surface area contributed by atoms with E-state index in [1.54, 1.807) is 0 Å². The van der Waals surface area contributed by atoms with Crippen molar-refractivity contribution >= 4 is 11.0 Å². The zero-order chi connectivity index (χ0) is 28.1. The maximum Gasteiger partial charge on any atom is 0.235 e. The van der Waals surface area contributed by atoms with Gasteiger partial charge in [0.05, 0.1) is 24.7 Å². The molecule has 0 bridgehead atoms. The Labute approximate surface area is 220 Å². The second kappa shape index (κ2) is 10.4. The van der Waals surface area contributed by atoms with Crippen LogP contribution in [0.25, 0.3) is 22.3 Å². The molecule has 2 fully saturated rings. The molecule has 8 atom stereocenters. The number of hydrogen-bond acceptors (Lipinski definition) is 13. The monoisotopic (exact) mass is 548 g/mol. The molecule has 0 amide bonds. The van der Waals surface area contributed by atoms with Crippen molar-refractivity contribution in [2.75, 3.05) is 13.2 Å². The van der Waals surface area contributed by atoms with Gasteiger partial charge in [-0.05, 0) is 43.3 Å². The number of benzene rings is 2. The lowest BCUT2D eigenvalue weighted by Gasteiger charge is -2.38. The molecule has 2 aliphatic heterocycles. The molecule has 7 N–H and O–H groups in total. The minimum absolute atomic E-state index is 0.0339. The number of aliphatic hydroxyl groups is 6. The molecule has 0 aliphatic carbocycles. The number of ether oxygens (including phenoxy) is 4. The highest BCUT2D eigenvalue weighted by atomic mass is 16.7. The maximum atomic E-state index is 13.5. The summed E-state index contributed by atoms with van der Waals surface area (Å²) in [6.45, 7) is 0.262. The van der Waals surface area contributed by atoms with E-state index in [9.17, 15) is 40.5 Å². The van der Waals surface area contributed by atoms with E-state index >= 15 is 0 Å². The number of phenols is 1. The first-order valence-electron chi connectivity index (χ1n) is 12.1. The highest BCUT2D eigenvalue weighted by Gasteiger charge is 2.49. The average molecular weight is 548 g/mol. The van der Waals surface area contributed by atoms with Crippen molar-refractivity contribution in [3.63, 3.8) is 0 Å². The first-order chi connectivity index (χ1) is 18.5. The predicted octanol–water partition coefficient (Wildman–Crippen LogP) is -0.809. The first-order valence-corrected chi connectivity index (χ1v) is 12.1. The van der Waals surface area contributed by atoms with Crippen LogP contribution in [-0.4, -0.2) is 97.7 Å². The van der Waals surface area contributed by atoms with E-state index in [-0.39, 0.29) is 34.0 Å². The zero-order valence-corrected chi connectivity index (χ0v) is 20.6. The minimum Gasteiger partial charge on any atom is -0.508 e. The van der Waals surface area contributed by atoms with Crippen molar-refractivity contribution in [1.82, 2.24) is 0 Å². The van der Waals surface area contributed by atoms with E-state index in [0.29, 0.717) is 5.56 Å². The summed E-state index contributed by atoms with van der Waals surface area (Å²) in [6.07, 6.45) is -9.71. The third kappa shape index (κ3) is 4.95. The lowest BCUT2D eigenvalue weighted by atomic mass is 10.00. The van der Waals surface area contributed by atoms with Gasteiger partial charge in [0.15, 0.2) is 5.76 Å². The summed E-state index contributed by atoms with van der Waals surface area (Å²) >= 11 is 0. The number of aliphatic hydroxyl groups excluding tert-OH is 5. The van der Waals surface area contributed by atoms with Gasteiger partial charge in [0.25, 0.3) is 0 Å². The molecule has 0 radical (unpaired) electrons. The van der Waals surface area contributed by atoms with E-state index < -0.39 is 67.3 Å². The van der Waals surface area contributed by atoms with Gasteiger partial charge >= 0.3 is 0 Å². The van der Waals surface area contributed by atoms with Gasteiger partial charge in [0.1, 0.15) is 47.1 Å². The maximum absolute atomic E-state index is 13.5. The van der Waals surface area contributed by atoms with Gasteiger partial charge in [-0.25, -0.2) is 0 Å². The quantitative estimate of drug-likeness (QED) is 0.201. The van der Waals surface area contributed by atoms with Gasteiger partial charge in [-0.3, -0.25) is 4.79 Å². The molecule has 3 heterocycles. The molecule has 210 valence electrons. The highest BCUT2D eigenvalue weighted by molar-refractivity contribution is 5.83.